The maximum atomic E-state index is 10.7. The molecule has 0 radical (unpaired) electrons. The van der Waals surface area contributed by atoms with E-state index < -0.39 is 17.8 Å². The first-order valence-electron chi connectivity index (χ1n) is 3.48. The van der Waals surface area contributed by atoms with Gasteiger partial charge in [-0.05, 0) is 12.3 Å². The highest BCUT2D eigenvalue weighted by atomic mass is 16.4. The SMILES string of the molecule is CC(C)CC(N)C(=O)C(=O)O. The molecule has 0 aliphatic carbocycles. The number of aliphatic carboxylic acids is 1. The zero-order valence-corrected chi connectivity index (χ0v) is 6.70. The van der Waals surface area contributed by atoms with Crippen molar-refractivity contribution in [3.63, 3.8) is 0 Å². The Morgan fingerprint density at radius 2 is 1.91 bits per heavy atom. The molecular formula is C7H13NO3. The highest BCUT2D eigenvalue weighted by Crippen LogP contribution is 2.02. The van der Waals surface area contributed by atoms with Crippen LogP contribution in [0, 0.1) is 5.92 Å². The predicted octanol–water partition coefficient (Wildman–Crippen LogP) is 0.0135. The van der Waals surface area contributed by atoms with Gasteiger partial charge in [-0.2, -0.15) is 0 Å². The van der Waals surface area contributed by atoms with E-state index in [4.69, 9.17) is 10.8 Å². The van der Waals surface area contributed by atoms with E-state index in [0.717, 1.165) is 0 Å². The number of carboxylic acids is 1. The predicted molar refractivity (Wildman–Crippen MR) is 40.1 cm³/mol. The topological polar surface area (TPSA) is 80.4 Å². The summed E-state index contributed by atoms with van der Waals surface area (Å²) in [6, 6.07) is -0.854. The van der Waals surface area contributed by atoms with Gasteiger partial charge in [0.25, 0.3) is 5.78 Å². The summed E-state index contributed by atoms with van der Waals surface area (Å²) in [6.07, 6.45) is 0.422. The summed E-state index contributed by atoms with van der Waals surface area (Å²) in [7, 11) is 0. The summed E-state index contributed by atoms with van der Waals surface area (Å²) in [4.78, 5) is 20.7. The van der Waals surface area contributed by atoms with Crippen molar-refractivity contribution in [3.05, 3.63) is 0 Å². The Labute approximate surface area is 65.4 Å². The molecule has 0 aromatic heterocycles. The molecule has 0 rings (SSSR count). The van der Waals surface area contributed by atoms with E-state index >= 15 is 0 Å². The lowest BCUT2D eigenvalue weighted by molar-refractivity contribution is -0.149. The molecule has 1 atom stereocenters. The van der Waals surface area contributed by atoms with Crippen LogP contribution in [0.4, 0.5) is 0 Å². The molecule has 0 bridgehead atoms. The highest BCUT2D eigenvalue weighted by Gasteiger charge is 2.21. The average molecular weight is 159 g/mol. The monoisotopic (exact) mass is 159 g/mol. The van der Waals surface area contributed by atoms with Crippen LogP contribution in [0.25, 0.3) is 0 Å². The second kappa shape index (κ2) is 4.08. The van der Waals surface area contributed by atoms with Gasteiger partial charge in [0.15, 0.2) is 0 Å². The van der Waals surface area contributed by atoms with Gasteiger partial charge in [-0.25, -0.2) is 4.79 Å². The van der Waals surface area contributed by atoms with Crippen LogP contribution < -0.4 is 5.73 Å². The third-order valence-corrected chi connectivity index (χ3v) is 1.27. The minimum absolute atomic E-state index is 0.244. The van der Waals surface area contributed by atoms with E-state index in [2.05, 4.69) is 0 Å². The molecule has 0 aromatic rings. The van der Waals surface area contributed by atoms with Crippen molar-refractivity contribution in [2.24, 2.45) is 11.7 Å². The molecule has 0 fully saturated rings. The second-order valence-corrected chi connectivity index (χ2v) is 2.91. The number of hydrogen-bond donors (Lipinski definition) is 2. The average Bonchev–Trinajstić information content (AvgIpc) is 1.84. The maximum Gasteiger partial charge on any atom is 0.373 e. The Balaban J connectivity index is 3.93. The van der Waals surface area contributed by atoms with Crippen molar-refractivity contribution in [1.82, 2.24) is 0 Å². The van der Waals surface area contributed by atoms with E-state index in [1.54, 1.807) is 0 Å². The van der Waals surface area contributed by atoms with E-state index in [1.807, 2.05) is 13.8 Å². The number of carboxylic acid groups (broad SMARTS) is 1. The molecule has 1 unspecified atom stereocenters. The molecule has 64 valence electrons. The zero-order chi connectivity index (χ0) is 9.02. The summed E-state index contributed by atoms with van der Waals surface area (Å²) < 4.78 is 0. The number of hydrogen-bond acceptors (Lipinski definition) is 3. The fourth-order valence-electron chi connectivity index (χ4n) is 0.774. The fraction of sp³-hybridized carbons (Fsp3) is 0.714. The molecule has 3 N–H and O–H groups in total. The lowest BCUT2D eigenvalue weighted by atomic mass is 10.0. The van der Waals surface area contributed by atoms with E-state index in [-0.39, 0.29) is 5.92 Å². The van der Waals surface area contributed by atoms with Crippen molar-refractivity contribution in [2.75, 3.05) is 0 Å². The third-order valence-electron chi connectivity index (χ3n) is 1.27. The van der Waals surface area contributed by atoms with Crippen LogP contribution in [0.3, 0.4) is 0 Å². The van der Waals surface area contributed by atoms with Gasteiger partial charge in [0.05, 0.1) is 6.04 Å². The van der Waals surface area contributed by atoms with Crippen molar-refractivity contribution < 1.29 is 14.7 Å². The molecule has 0 aliphatic heterocycles. The third kappa shape index (κ3) is 3.72. The Kier molecular flexibility index (Phi) is 3.74. The number of carbonyl (C=O) groups is 2. The highest BCUT2D eigenvalue weighted by molar-refractivity contribution is 6.34. The van der Waals surface area contributed by atoms with Gasteiger partial charge in [-0.1, -0.05) is 13.8 Å². The van der Waals surface area contributed by atoms with Gasteiger partial charge < -0.3 is 10.8 Å². The Morgan fingerprint density at radius 3 is 2.18 bits per heavy atom. The molecule has 0 saturated carbocycles. The minimum atomic E-state index is -1.45. The number of Topliss-reactive ketones (excluding diaryl/α,β-unsaturated/α-hetero) is 1. The van der Waals surface area contributed by atoms with E-state index in [9.17, 15) is 9.59 Å². The van der Waals surface area contributed by atoms with Crippen LogP contribution in [0.2, 0.25) is 0 Å². The largest absolute Gasteiger partial charge is 0.475 e. The molecule has 0 aliphatic rings. The van der Waals surface area contributed by atoms with Gasteiger partial charge >= 0.3 is 5.97 Å². The quantitative estimate of drug-likeness (QED) is 0.566. The van der Waals surface area contributed by atoms with Crippen LogP contribution in [0.1, 0.15) is 20.3 Å². The molecule has 0 amide bonds. The zero-order valence-electron chi connectivity index (χ0n) is 6.70. The maximum absolute atomic E-state index is 10.7. The molecule has 0 saturated heterocycles. The first-order chi connectivity index (χ1) is 4.95. The number of carbonyl (C=O) groups excluding carboxylic acids is 1. The Bertz CT molecular complexity index is 165. The van der Waals surface area contributed by atoms with Crippen LogP contribution in [-0.2, 0) is 9.59 Å². The normalized spacial score (nSPS) is 13.1. The van der Waals surface area contributed by atoms with Crippen LogP contribution in [0.5, 0.6) is 0 Å². The van der Waals surface area contributed by atoms with Gasteiger partial charge in [0, 0.05) is 0 Å². The summed E-state index contributed by atoms with van der Waals surface area (Å²) in [5.74, 6) is -2.11. The first-order valence-corrected chi connectivity index (χ1v) is 3.48. The summed E-state index contributed by atoms with van der Waals surface area (Å²) >= 11 is 0. The standard InChI is InChI=1S/C7H13NO3/c1-4(2)3-5(8)6(9)7(10)11/h4-5H,3,8H2,1-2H3,(H,10,11). The van der Waals surface area contributed by atoms with Gasteiger partial charge in [0.1, 0.15) is 0 Å². The molecule has 0 heterocycles. The summed E-state index contributed by atoms with van der Waals surface area (Å²) in [5.41, 5.74) is 5.29. The second-order valence-electron chi connectivity index (χ2n) is 2.91. The van der Waals surface area contributed by atoms with Crippen molar-refractivity contribution in [2.45, 2.75) is 26.3 Å². The molecule has 4 heteroatoms. The summed E-state index contributed by atoms with van der Waals surface area (Å²) in [6.45, 7) is 3.77. The number of rotatable bonds is 4. The fourth-order valence-corrected chi connectivity index (χ4v) is 0.774. The van der Waals surface area contributed by atoms with Crippen molar-refractivity contribution in [1.29, 1.82) is 0 Å². The van der Waals surface area contributed by atoms with E-state index in [1.165, 1.54) is 0 Å². The Morgan fingerprint density at radius 1 is 1.45 bits per heavy atom. The molecule has 4 nitrogen and oxygen atoms in total. The van der Waals surface area contributed by atoms with Gasteiger partial charge in [-0.3, -0.25) is 4.79 Å². The smallest absolute Gasteiger partial charge is 0.373 e. The Hall–Kier alpha value is -0.900. The molecule has 0 aromatic carbocycles. The molecule has 0 spiro atoms. The van der Waals surface area contributed by atoms with Crippen LogP contribution in [0.15, 0.2) is 0 Å². The van der Waals surface area contributed by atoms with Crippen LogP contribution >= 0.6 is 0 Å². The summed E-state index contributed by atoms with van der Waals surface area (Å²) in [5, 5.41) is 8.24. The first kappa shape index (κ1) is 10.1. The minimum Gasteiger partial charge on any atom is -0.475 e. The lowest BCUT2D eigenvalue weighted by Gasteiger charge is -2.09. The van der Waals surface area contributed by atoms with Gasteiger partial charge in [0.2, 0.25) is 0 Å². The lowest BCUT2D eigenvalue weighted by Crippen LogP contribution is -2.36. The van der Waals surface area contributed by atoms with Crippen LogP contribution in [-0.4, -0.2) is 22.9 Å². The van der Waals surface area contributed by atoms with Crippen molar-refractivity contribution >= 4 is 11.8 Å². The van der Waals surface area contributed by atoms with E-state index in [0.29, 0.717) is 6.42 Å². The van der Waals surface area contributed by atoms with Gasteiger partial charge in [-0.15, -0.1) is 0 Å². The van der Waals surface area contributed by atoms with Crippen molar-refractivity contribution in [3.8, 4) is 0 Å². The number of ketones is 1. The molecular weight excluding hydrogens is 146 g/mol. The number of nitrogens with two attached hydrogens (primary N) is 1. The molecule has 11 heavy (non-hydrogen) atoms.